The number of amides is 1. The van der Waals surface area contributed by atoms with Crippen LogP contribution >= 0.6 is 34.5 Å². The highest BCUT2D eigenvalue weighted by atomic mass is 35.5. The zero-order valence-corrected chi connectivity index (χ0v) is 27.7. The van der Waals surface area contributed by atoms with Gasteiger partial charge in [-0.1, -0.05) is 36.2 Å². The zero-order valence-electron chi connectivity index (χ0n) is 24.6. The number of piperidine rings is 1. The van der Waals surface area contributed by atoms with Gasteiger partial charge in [0.05, 0.1) is 21.3 Å². The molecule has 4 rings (SSSR count). The van der Waals surface area contributed by atoms with Crippen LogP contribution in [0.25, 0.3) is 21.3 Å². The number of carbonyl (C=O) groups excluding carboxylic acids is 2. The van der Waals surface area contributed by atoms with Crippen LogP contribution in [0.1, 0.15) is 69.8 Å². The Labute approximate surface area is 271 Å². The van der Waals surface area contributed by atoms with E-state index in [1.54, 1.807) is 23.5 Å². The van der Waals surface area contributed by atoms with Gasteiger partial charge in [-0.25, -0.2) is 13.4 Å². The van der Waals surface area contributed by atoms with Gasteiger partial charge in [0.1, 0.15) is 22.2 Å². The van der Waals surface area contributed by atoms with Crippen LogP contribution in [-0.2, 0) is 26.0 Å². The van der Waals surface area contributed by atoms with Crippen molar-refractivity contribution in [3.8, 4) is 21.3 Å². The van der Waals surface area contributed by atoms with Gasteiger partial charge in [-0.3, -0.25) is 9.59 Å². The number of halogens is 5. The second kappa shape index (κ2) is 13.5. The molecule has 0 bridgehead atoms. The molecule has 1 aliphatic heterocycles. The van der Waals surface area contributed by atoms with Gasteiger partial charge in [-0.2, -0.15) is 17.9 Å². The normalized spacial score (nSPS) is 16.9. The van der Waals surface area contributed by atoms with Gasteiger partial charge < -0.3 is 14.1 Å². The van der Waals surface area contributed by atoms with Gasteiger partial charge in [-0.15, -0.1) is 21.5 Å². The monoisotopic (exact) mass is 711 g/mol. The van der Waals surface area contributed by atoms with E-state index in [0.29, 0.717) is 13.0 Å². The summed E-state index contributed by atoms with van der Waals surface area (Å²) < 4.78 is 78.3. The molecule has 0 unspecified atom stereocenters. The Bertz CT molecular complexity index is 1680. The number of benzene rings is 1. The fraction of sp³-hybridized carbons (Fsp3) is 0.519. The number of aromatic nitrogens is 3. The summed E-state index contributed by atoms with van der Waals surface area (Å²) in [6.07, 6.45) is -2.76. The Morgan fingerprint density at radius 1 is 1.24 bits per heavy atom. The fourth-order valence-corrected chi connectivity index (χ4v) is 8.01. The van der Waals surface area contributed by atoms with Crippen molar-refractivity contribution in [3.05, 3.63) is 33.8 Å². The number of ether oxygens (including phenoxy) is 1. The second-order valence-electron chi connectivity index (χ2n) is 11.1. The average molecular weight is 713 g/mol. The quantitative estimate of drug-likeness (QED) is 0.227. The molecule has 1 aliphatic rings. The second-order valence-corrected chi connectivity index (χ2v) is 14.5. The third kappa shape index (κ3) is 7.79. The van der Waals surface area contributed by atoms with Crippen molar-refractivity contribution in [2.24, 2.45) is 0 Å². The molecule has 1 N–H and O–H groups in total. The Balaban J connectivity index is 1.79. The highest BCUT2D eigenvalue weighted by Gasteiger charge is 2.42. The number of thiazole rings is 1. The number of alkyl halides is 3. The summed E-state index contributed by atoms with van der Waals surface area (Å²) in [6.45, 7) is 7.20. The summed E-state index contributed by atoms with van der Waals surface area (Å²) in [4.78, 5) is 30.4. The minimum Gasteiger partial charge on any atom is -0.461 e. The summed E-state index contributed by atoms with van der Waals surface area (Å²) in [5.74, 6) is -0.313. The van der Waals surface area contributed by atoms with Crippen molar-refractivity contribution in [3.63, 3.8) is 0 Å². The van der Waals surface area contributed by atoms with Crippen LogP contribution in [0.4, 0.5) is 13.2 Å². The number of sulfonamides is 1. The van der Waals surface area contributed by atoms with Gasteiger partial charge >= 0.3 is 6.18 Å². The van der Waals surface area contributed by atoms with Crippen LogP contribution in [0.2, 0.25) is 10.0 Å². The van der Waals surface area contributed by atoms with Crippen LogP contribution in [0, 0.1) is 0 Å². The molecule has 3 heterocycles. The molecule has 246 valence electrons. The number of likely N-dealkylation sites (tertiary alicyclic amines) is 1. The van der Waals surface area contributed by atoms with E-state index in [9.17, 15) is 31.2 Å². The largest absolute Gasteiger partial charge is 0.461 e. The lowest BCUT2D eigenvalue weighted by Gasteiger charge is -2.33. The molecule has 2 aromatic heterocycles. The van der Waals surface area contributed by atoms with E-state index in [-0.39, 0.29) is 50.4 Å². The number of hydrogen-bond donors (Lipinski definition) is 1. The summed E-state index contributed by atoms with van der Waals surface area (Å²) >= 11 is 13.9. The minimum atomic E-state index is -4.83. The Morgan fingerprint density at radius 2 is 1.96 bits per heavy atom. The van der Waals surface area contributed by atoms with Crippen LogP contribution < -0.4 is 4.72 Å². The maximum Gasteiger partial charge on any atom is 0.404 e. The van der Waals surface area contributed by atoms with Crippen molar-refractivity contribution >= 4 is 56.9 Å². The summed E-state index contributed by atoms with van der Waals surface area (Å²) in [7, 11) is -4.75. The number of rotatable bonds is 11. The Morgan fingerprint density at radius 3 is 2.58 bits per heavy atom. The highest BCUT2D eigenvalue weighted by molar-refractivity contribution is 7.89. The first kappa shape index (κ1) is 35.1. The maximum atomic E-state index is 13.8. The molecule has 3 aromatic rings. The predicted molar refractivity (Wildman–Crippen MR) is 161 cm³/mol. The van der Waals surface area contributed by atoms with Gasteiger partial charge in [0, 0.05) is 18.2 Å². The van der Waals surface area contributed by atoms with E-state index < -0.39 is 50.1 Å². The third-order valence-electron chi connectivity index (χ3n) is 7.17. The molecule has 45 heavy (non-hydrogen) atoms. The van der Waals surface area contributed by atoms with Crippen molar-refractivity contribution in [1.29, 1.82) is 0 Å². The Hall–Kier alpha value is -2.79. The minimum absolute atomic E-state index is 0.0251. The summed E-state index contributed by atoms with van der Waals surface area (Å²) in [5.41, 5.74) is -0.840. The van der Waals surface area contributed by atoms with E-state index in [0.717, 1.165) is 36.7 Å². The standard InChI is InChI=1S/C27H30Cl2F3N5O6S2/c1-5-17(27(30,31)32)36-45(40,41)16-10-9-15(19(28)20(16)29)22-21(25(39)37-11-7-6-8-14(37)2)33-24(44-22)23-35-34-18(43-23)12-26(3,4)42-13-38/h9-10,13-14,17,36H,5-8,11-12H2,1-4H3/t14-,17-/m0/s1. The molecule has 0 aliphatic carbocycles. The van der Waals surface area contributed by atoms with Gasteiger partial charge in [-0.05, 0) is 52.5 Å². The predicted octanol–water partition coefficient (Wildman–Crippen LogP) is 6.29. The molecule has 0 radical (unpaired) electrons. The Kier molecular flexibility index (Phi) is 10.5. The molecule has 1 saturated heterocycles. The highest BCUT2D eigenvalue weighted by Crippen LogP contribution is 2.44. The third-order valence-corrected chi connectivity index (χ3v) is 10.8. The first-order chi connectivity index (χ1) is 21.0. The molecule has 1 amide bonds. The molecular weight excluding hydrogens is 682 g/mol. The van der Waals surface area contributed by atoms with Crippen LogP contribution in [0.3, 0.4) is 0 Å². The van der Waals surface area contributed by atoms with Crippen molar-refractivity contribution < 1.29 is 40.3 Å². The van der Waals surface area contributed by atoms with E-state index in [4.69, 9.17) is 32.4 Å². The summed E-state index contributed by atoms with van der Waals surface area (Å²) in [5, 5.41) is 7.33. The number of carbonyl (C=O) groups is 2. The van der Waals surface area contributed by atoms with Crippen molar-refractivity contribution in [2.45, 2.75) is 88.6 Å². The van der Waals surface area contributed by atoms with Gasteiger partial charge in [0.15, 0.2) is 5.01 Å². The molecule has 0 saturated carbocycles. The fourth-order valence-electron chi connectivity index (χ4n) is 4.77. The molecule has 0 spiro atoms. The lowest BCUT2D eigenvalue weighted by molar-refractivity contribution is -0.151. The van der Waals surface area contributed by atoms with E-state index >= 15 is 0 Å². The molecule has 11 nitrogen and oxygen atoms in total. The van der Waals surface area contributed by atoms with Crippen molar-refractivity contribution in [1.82, 2.24) is 24.8 Å². The lowest BCUT2D eigenvalue weighted by Crippen LogP contribution is -2.44. The number of hydrogen-bond acceptors (Lipinski definition) is 10. The molecule has 1 fully saturated rings. The SMILES string of the molecule is CC[C@H](NS(=O)(=O)c1ccc(-c2sc(-c3nnc(CC(C)(C)OC=O)o3)nc2C(=O)N2CCCC[C@@H]2C)c(Cl)c1Cl)C(F)(F)F. The smallest absolute Gasteiger partial charge is 0.404 e. The number of nitrogens with one attached hydrogen (secondary N) is 1. The summed E-state index contributed by atoms with van der Waals surface area (Å²) in [6, 6.07) is -0.154. The molecule has 2 atom stereocenters. The maximum absolute atomic E-state index is 13.8. The van der Waals surface area contributed by atoms with Gasteiger partial charge in [0.2, 0.25) is 15.9 Å². The first-order valence-electron chi connectivity index (χ1n) is 13.8. The van der Waals surface area contributed by atoms with Crippen LogP contribution in [-0.4, -0.2) is 71.3 Å². The average Bonchev–Trinajstić information content (AvgIpc) is 3.59. The van der Waals surface area contributed by atoms with Gasteiger partial charge in [0.25, 0.3) is 18.3 Å². The zero-order chi connectivity index (χ0) is 33.3. The van der Waals surface area contributed by atoms with E-state index in [1.165, 1.54) is 13.0 Å². The first-order valence-corrected chi connectivity index (χ1v) is 16.9. The topological polar surface area (TPSA) is 145 Å². The van der Waals surface area contributed by atoms with Crippen LogP contribution in [0.5, 0.6) is 0 Å². The van der Waals surface area contributed by atoms with E-state index in [2.05, 4.69) is 15.2 Å². The van der Waals surface area contributed by atoms with Crippen molar-refractivity contribution in [2.75, 3.05) is 6.54 Å². The lowest BCUT2D eigenvalue weighted by atomic mass is 10.0. The molecule has 1 aromatic carbocycles. The van der Waals surface area contributed by atoms with E-state index in [1.807, 2.05) is 6.92 Å². The van der Waals surface area contributed by atoms with Crippen LogP contribution in [0.15, 0.2) is 21.4 Å². The number of nitrogens with zero attached hydrogens (tertiary/aromatic N) is 4. The molecule has 18 heteroatoms. The molecular formula is C27H30Cl2F3N5O6S2.